The molecule has 1 saturated carbocycles. The molecule has 0 aliphatic heterocycles. The lowest BCUT2D eigenvalue weighted by atomic mass is 9.80. The van der Waals surface area contributed by atoms with Gasteiger partial charge in [-0.05, 0) is 39.0 Å². The third-order valence-corrected chi connectivity index (χ3v) is 4.04. The van der Waals surface area contributed by atoms with Gasteiger partial charge in [0.05, 0.1) is 17.6 Å². The zero-order chi connectivity index (χ0) is 17.5. The first-order valence-corrected chi connectivity index (χ1v) is 7.95. The molecule has 3 N–H and O–H groups in total. The van der Waals surface area contributed by atoms with Crippen molar-refractivity contribution in [2.75, 3.05) is 6.61 Å². The van der Waals surface area contributed by atoms with E-state index in [-0.39, 0.29) is 24.2 Å². The quantitative estimate of drug-likeness (QED) is 0.716. The molecule has 2 aliphatic carbocycles. The Morgan fingerprint density at radius 3 is 2.52 bits per heavy atom. The summed E-state index contributed by atoms with van der Waals surface area (Å²) in [6.07, 6.45) is 8.52. The average Bonchev–Trinajstić information content (AvgIpc) is 2.91. The molecule has 0 radical (unpaired) electrons. The molecular weight excluding hydrogens is 300 g/mol. The van der Waals surface area contributed by atoms with Crippen molar-refractivity contribution >= 4 is 11.9 Å². The molecule has 0 spiro atoms. The highest BCUT2D eigenvalue weighted by atomic mass is 16.5. The molecule has 0 heterocycles. The molecule has 0 aromatic rings. The van der Waals surface area contributed by atoms with Crippen LogP contribution in [-0.2, 0) is 14.3 Å². The van der Waals surface area contributed by atoms with Crippen LogP contribution in [0, 0.1) is 5.41 Å². The van der Waals surface area contributed by atoms with Gasteiger partial charge in [0.2, 0.25) is 0 Å². The van der Waals surface area contributed by atoms with Gasteiger partial charge in [-0.3, -0.25) is 4.79 Å². The normalized spacial score (nSPS) is 29.4. The van der Waals surface area contributed by atoms with E-state index in [1.807, 2.05) is 0 Å². The lowest BCUT2D eigenvalue weighted by molar-refractivity contribution is -0.145. The molecule has 3 atom stereocenters. The summed E-state index contributed by atoms with van der Waals surface area (Å²) in [5.74, 6) is -2.06. The summed E-state index contributed by atoms with van der Waals surface area (Å²) in [5.41, 5.74) is -0.949. The van der Waals surface area contributed by atoms with Crippen molar-refractivity contribution in [3.8, 4) is 0 Å². The molecule has 3 unspecified atom stereocenters. The zero-order valence-corrected chi connectivity index (χ0v) is 13.7. The van der Waals surface area contributed by atoms with Crippen molar-refractivity contribution < 1.29 is 29.6 Å². The summed E-state index contributed by atoms with van der Waals surface area (Å²) in [6.45, 7) is 4.38. The molecule has 0 aromatic carbocycles. The van der Waals surface area contributed by atoms with Gasteiger partial charge in [0.25, 0.3) is 0 Å². The highest BCUT2D eigenvalue weighted by Gasteiger charge is 2.34. The van der Waals surface area contributed by atoms with Crippen LogP contribution in [0.2, 0.25) is 0 Å². The minimum atomic E-state index is -1.08. The lowest BCUT2D eigenvalue weighted by Crippen LogP contribution is -2.28. The van der Waals surface area contributed by atoms with Crippen molar-refractivity contribution in [3.05, 3.63) is 23.8 Å². The minimum absolute atomic E-state index is 0.0359. The van der Waals surface area contributed by atoms with Gasteiger partial charge in [0.15, 0.2) is 0 Å². The largest absolute Gasteiger partial charge is 0.481 e. The molecule has 0 aromatic heterocycles. The minimum Gasteiger partial charge on any atom is -0.481 e. The van der Waals surface area contributed by atoms with Crippen LogP contribution < -0.4 is 0 Å². The molecule has 130 valence electrons. The van der Waals surface area contributed by atoms with E-state index in [0.29, 0.717) is 0 Å². The maximum absolute atomic E-state index is 10.8. The standard InChI is InChI=1S/C9H10O4.C8H16O2/c1-9(8(12)13)4-2-3-6(5-9)7(10)11;1-2-6-10-8-5-3-4-7(8)9/h2-4H,5H2,1H3,(H,10,11)(H,12,13);7-9H,2-6H2,1H3. The fourth-order valence-corrected chi connectivity index (χ4v) is 2.55. The van der Waals surface area contributed by atoms with Gasteiger partial charge in [0.1, 0.15) is 0 Å². The summed E-state index contributed by atoms with van der Waals surface area (Å²) >= 11 is 0. The van der Waals surface area contributed by atoms with Crippen LogP contribution >= 0.6 is 0 Å². The van der Waals surface area contributed by atoms with E-state index in [1.165, 1.54) is 25.2 Å². The summed E-state index contributed by atoms with van der Waals surface area (Å²) in [6, 6.07) is 0. The van der Waals surface area contributed by atoms with Crippen molar-refractivity contribution in [1.82, 2.24) is 0 Å². The number of aliphatic carboxylic acids is 2. The highest BCUT2D eigenvalue weighted by Crippen LogP contribution is 2.31. The fourth-order valence-electron chi connectivity index (χ4n) is 2.55. The molecule has 0 bridgehead atoms. The summed E-state index contributed by atoms with van der Waals surface area (Å²) < 4.78 is 5.41. The number of carboxylic acids is 2. The topological polar surface area (TPSA) is 104 Å². The monoisotopic (exact) mass is 326 g/mol. The van der Waals surface area contributed by atoms with Crippen LogP contribution in [0.15, 0.2) is 23.8 Å². The molecule has 2 aliphatic rings. The number of rotatable bonds is 5. The molecule has 0 saturated heterocycles. The van der Waals surface area contributed by atoms with Gasteiger partial charge in [-0.15, -0.1) is 0 Å². The maximum atomic E-state index is 10.8. The van der Waals surface area contributed by atoms with E-state index in [1.54, 1.807) is 0 Å². The van der Waals surface area contributed by atoms with Crippen LogP contribution in [0.1, 0.15) is 46.0 Å². The Kier molecular flexibility index (Phi) is 7.45. The second-order valence-electron chi connectivity index (χ2n) is 6.16. The van der Waals surface area contributed by atoms with Gasteiger partial charge in [0, 0.05) is 12.2 Å². The van der Waals surface area contributed by atoms with Gasteiger partial charge in [-0.25, -0.2) is 4.79 Å². The van der Waals surface area contributed by atoms with E-state index in [4.69, 9.17) is 14.9 Å². The van der Waals surface area contributed by atoms with E-state index >= 15 is 0 Å². The molecule has 23 heavy (non-hydrogen) atoms. The predicted molar refractivity (Wildman–Crippen MR) is 85.1 cm³/mol. The first kappa shape index (κ1) is 19.4. The third kappa shape index (κ3) is 5.80. The second kappa shape index (κ2) is 8.84. The van der Waals surface area contributed by atoms with Crippen LogP contribution in [0.4, 0.5) is 0 Å². The molecule has 2 rings (SSSR count). The number of aliphatic hydroxyl groups excluding tert-OH is 1. The number of ether oxygens (including phenoxy) is 1. The third-order valence-electron chi connectivity index (χ3n) is 4.04. The molecule has 0 amide bonds. The average molecular weight is 326 g/mol. The van der Waals surface area contributed by atoms with Crippen molar-refractivity contribution in [1.29, 1.82) is 0 Å². The van der Waals surface area contributed by atoms with Crippen molar-refractivity contribution in [3.63, 3.8) is 0 Å². The lowest BCUT2D eigenvalue weighted by Gasteiger charge is -2.23. The molecule has 6 heteroatoms. The fraction of sp³-hybridized carbons (Fsp3) is 0.647. The smallest absolute Gasteiger partial charge is 0.331 e. The first-order valence-electron chi connectivity index (χ1n) is 7.95. The van der Waals surface area contributed by atoms with Gasteiger partial charge in [-0.2, -0.15) is 0 Å². The summed E-state index contributed by atoms with van der Waals surface area (Å²) in [4.78, 5) is 21.3. The van der Waals surface area contributed by atoms with E-state index in [2.05, 4.69) is 6.92 Å². The summed E-state index contributed by atoms with van der Waals surface area (Å²) in [7, 11) is 0. The summed E-state index contributed by atoms with van der Waals surface area (Å²) in [5, 5.41) is 26.8. The Morgan fingerprint density at radius 1 is 1.35 bits per heavy atom. The van der Waals surface area contributed by atoms with Crippen LogP contribution in [0.5, 0.6) is 0 Å². The number of allylic oxidation sites excluding steroid dienone is 2. The van der Waals surface area contributed by atoms with Gasteiger partial charge >= 0.3 is 11.9 Å². The first-order chi connectivity index (χ1) is 10.8. The Labute approximate surface area is 136 Å². The Hall–Kier alpha value is -1.66. The van der Waals surface area contributed by atoms with Gasteiger partial charge in [-0.1, -0.05) is 25.2 Å². The molecular formula is C17H26O6. The van der Waals surface area contributed by atoms with Crippen LogP contribution in [0.25, 0.3) is 0 Å². The Bertz CT molecular complexity index is 481. The van der Waals surface area contributed by atoms with E-state index in [0.717, 1.165) is 32.3 Å². The van der Waals surface area contributed by atoms with Gasteiger partial charge < -0.3 is 20.1 Å². The maximum Gasteiger partial charge on any atom is 0.331 e. The Balaban J connectivity index is 0.000000238. The SMILES string of the molecule is CC1(C(=O)O)C=CC=C(C(=O)O)C1.CCCOC1CCCC1O. The Morgan fingerprint density at radius 2 is 2.04 bits per heavy atom. The zero-order valence-electron chi connectivity index (χ0n) is 13.7. The van der Waals surface area contributed by atoms with Crippen molar-refractivity contribution in [2.24, 2.45) is 5.41 Å². The number of hydrogen-bond donors (Lipinski definition) is 3. The molecule has 6 nitrogen and oxygen atoms in total. The van der Waals surface area contributed by atoms with E-state index in [9.17, 15) is 14.7 Å². The number of carboxylic acid groups (broad SMARTS) is 2. The van der Waals surface area contributed by atoms with E-state index < -0.39 is 17.4 Å². The number of aliphatic hydroxyl groups is 1. The number of carbonyl (C=O) groups is 2. The highest BCUT2D eigenvalue weighted by molar-refractivity contribution is 5.90. The van der Waals surface area contributed by atoms with Crippen LogP contribution in [0.3, 0.4) is 0 Å². The number of hydrogen-bond acceptors (Lipinski definition) is 4. The van der Waals surface area contributed by atoms with Crippen LogP contribution in [-0.4, -0.2) is 46.1 Å². The molecule has 1 fully saturated rings. The van der Waals surface area contributed by atoms with Crippen molar-refractivity contribution in [2.45, 2.75) is 58.2 Å². The predicted octanol–water partition coefficient (Wildman–Crippen LogP) is 2.37. The second-order valence-corrected chi connectivity index (χ2v) is 6.16.